The van der Waals surface area contributed by atoms with Crippen molar-refractivity contribution in [3.05, 3.63) is 65.3 Å². The highest BCUT2D eigenvalue weighted by Crippen LogP contribution is 2.29. The van der Waals surface area contributed by atoms with E-state index in [0.29, 0.717) is 23.9 Å². The van der Waals surface area contributed by atoms with Crippen molar-refractivity contribution in [2.24, 2.45) is 7.05 Å². The Morgan fingerprint density at radius 1 is 1.03 bits per heavy atom. The fourth-order valence-corrected chi connectivity index (χ4v) is 4.80. The van der Waals surface area contributed by atoms with Crippen LogP contribution in [0, 0.1) is 0 Å². The molecule has 0 spiro atoms. The third kappa shape index (κ3) is 6.32. The Labute approximate surface area is 231 Å². The molecular formula is C28H32BrN7O2. The largest absolute Gasteiger partial charge is 0.457 e. The minimum atomic E-state index is 0.579. The second kappa shape index (κ2) is 11.9. The molecule has 10 heteroatoms. The number of nitrogens with zero attached hydrogens (tertiary/aromatic N) is 6. The van der Waals surface area contributed by atoms with E-state index in [1.54, 1.807) is 23.2 Å². The molecule has 38 heavy (non-hydrogen) atoms. The second-order valence-electron chi connectivity index (χ2n) is 9.53. The summed E-state index contributed by atoms with van der Waals surface area (Å²) in [6.07, 6.45) is 3.40. The van der Waals surface area contributed by atoms with Gasteiger partial charge >= 0.3 is 0 Å². The van der Waals surface area contributed by atoms with E-state index < -0.39 is 0 Å². The maximum Gasteiger partial charge on any atom is 0.215 e. The van der Waals surface area contributed by atoms with Crippen LogP contribution in [0.25, 0.3) is 11.0 Å². The number of piperazine rings is 1. The van der Waals surface area contributed by atoms with Crippen LogP contribution in [0.5, 0.6) is 11.5 Å². The van der Waals surface area contributed by atoms with Crippen LogP contribution in [-0.4, -0.2) is 77.1 Å². The highest BCUT2D eigenvalue weighted by Gasteiger charge is 2.15. The van der Waals surface area contributed by atoms with E-state index in [1.807, 2.05) is 54.1 Å². The molecule has 2 aromatic heterocycles. The first kappa shape index (κ1) is 26.1. The zero-order valence-electron chi connectivity index (χ0n) is 21.7. The number of carbonyl (C=O) groups excluding carboxylic acids is 1. The Morgan fingerprint density at radius 3 is 2.55 bits per heavy atom. The van der Waals surface area contributed by atoms with Crippen molar-refractivity contribution in [1.29, 1.82) is 0 Å². The highest BCUT2D eigenvalue weighted by molar-refractivity contribution is 9.10. The van der Waals surface area contributed by atoms with Crippen molar-refractivity contribution in [2.45, 2.75) is 6.42 Å². The molecule has 9 nitrogen and oxygen atoms in total. The molecule has 5 rings (SSSR count). The van der Waals surface area contributed by atoms with Gasteiger partial charge in [-0.2, -0.15) is 0 Å². The summed E-state index contributed by atoms with van der Waals surface area (Å²) in [5, 5.41) is 3.36. The first-order chi connectivity index (χ1) is 18.5. The number of benzene rings is 2. The molecule has 198 valence electrons. The van der Waals surface area contributed by atoms with Crippen molar-refractivity contribution in [3.63, 3.8) is 0 Å². The number of rotatable bonds is 10. The number of likely N-dealkylation sites (N-methyl/N-ethyl adjacent to an activating group) is 1. The Balaban J connectivity index is 1.24. The van der Waals surface area contributed by atoms with Gasteiger partial charge < -0.3 is 24.4 Å². The summed E-state index contributed by atoms with van der Waals surface area (Å²) in [5.74, 6) is 2.60. The number of halogens is 1. The van der Waals surface area contributed by atoms with Gasteiger partial charge in [-0.1, -0.05) is 15.9 Å². The van der Waals surface area contributed by atoms with Gasteiger partial charge in [0.1, 0.15) is 17.3 Å². The number of amides is 1. The molecule has 0 saturated carbocycles. The van der Waals surface area contributed by atoms with E-state index in [0.717, 1.165) is 72.7 Å². The van der Waals surface area contributed by atoms with Gasteiger partial charge in [0.05, 0.1) is 11.0 Å². The topological polar surface area (TPSA) is 78.8 Å². The van der Waals surface area contributed by atoms with Crippen LogP contribution in [-0.2, 0) is 11.8 Å². The molecule has 4 aromatic rings. The van der Waals surface area contributed by atoms with E-state index >= 15 is 0 Å². The van der Waals surface area contributed by atoms with Gasteiger partial charge in [0, 0.05) is 68.3 Å². The number of ether oxygens (including phenoxy) is 1. The molecule has 1 aliphatic rings. The molecule has 3 heterocycles. The van der Waals surface area contributed by atoms with Crippen molar-refractivity contribution in [3.8, 4) is 11.5 Å². The van der Waals surface area contributed by atoms with E-state index in [4.69, 9.17) is 9.72 Å². The number of pyridine rings is 1. The lowest BCUT2D eigenvalue weighted by molar-refractivity contribution is -0.107. The summed E-state index contributed by atoms with van der Waals surface area (Å²) in [5.41, 5.74) is 2.76. The third-order valence-electron chi connectivity index (χ3n) is 6.80. The Kier molecular flexibility index (Phi) is 8.21. The van der Waals surface area contributed by atoms with Gasteiger partial charge in [0.25, 0.3) is 0 Å². The number of hydrogen-bond acceptors (Lipinski definition) is 7. The summed E-state index contributed by atoms with van der Waals surface area (Å²) in [6, 6.07) is 17.4. The molecule has 1 aliphatic heterocycles. The fourth-order valence-electron chi connectivity index (χ4n) is 4.53. The van der Waals surface area contributed by atoms with Crippen LogP contribution in [0.3, 0.4) is 0 Å². The van der Waals surface area contributed by atoms with Gasteiger partial charge in [-0.3, -0.25) is 9.69 Å². The first-order valence-corrected chi connectivity index (χ1v) is 13.5. The molecule has 0 aliphatic carbocycles. The summed E-state index contributed by atoms with van der Waals surface area (Å²) in [7, 11) is 4.13. The monoisotopic (exact) mass is 577 g/mol. The van der Waals surface area contributed by atoms with Crippen LogP contribution in [0.2, 0.25) is 0 Å². The number of imidazole rings is 1. The smallest absolute Gasteiger partial charge is 0.215 e. The average Bonchev–Trinajstić information content (AvgIpc) is 3.23. The lowest BCUT2D eigenvalue weighted by atomic mass is 10.3. The molecule has 0 atom stereocenters. The molecular weight excluding hydrogens is 546 g/mol. The summed E-state index contributed by atoms with van der Waals surface area (Å²) in [6.45, 7) is 5.90. The third-order valence-corrected chi connectivity index (χ3v) is 7.32. The average molecular weight is 579 g/mol. The molecule has 0 unspecified atom stereocenters. The SMILES string of the molecule is CN1CCN(CCCN(C=O)c2cc(Oc3ccc4c(c3)nc(Nc3ccc(Br)cc3)n4C)ccn2)CC1. The molecule has 0 radical (unpaired) electrons. The molecule has 2 aromatic carbocycles. The van der Waals surface area contributed by atoms with Crippen molar-refractivity contribution < 1.29 is 9.53 Å². The molecule has 1 saturated heterocycles. The van der Waals surface area contributed by atoms with Crippen LogP contribution < -0.4 is 15.0 Å². The van der Waals surface area contributed by atoms with Crippen molar-refractivity contribution >= 4 is 50.8 Å². The quantitative estimate of drug-likeness (QED) is 0.269. The standard InChI is InChI=1S/C28H32BrN7O2/c1-33-14-16-35(17-15-33)12-3-13-36(20-37)27-19-24(10-11-30-27)38-23-8-9-26-25(18-23)32-28(34(26)2)31-22-6-4-21(29)5-7-22/h4-11,18-20H,3,12-17H2,1-2H3,(H,31,32). The van der Waals surface area contributed by atoms with Crippen LogP contribution in [0.4, 0.5) is 17.5 Å². The van der Waals surface area contributed by atoms with E-state index in [9.17, 15) is 4.79 Å². The van der Waals surface area contributed by atoms with Gasteiger partial charge in [-0.15, -0.1) is 0 Å². The van der Waals surface area contributed by atoms with Gasteiger partial charge in [-0.05, 0) is 62.5 Å². The maximum absolute atomic E-state index is 11.8. The summed E-state index contributed by atoms with van der Waals surface area (Å²) >= 11 is 3.46. The lowest BCUT2D eigenvalue weighted by Gasteiger charge is -2.32. The fraction of sp³-hybridized carbons (Fsp3) is 0.321. The first-order valence-electron chi connectivity index (χ1n) is 12.7. The van der Waals surface area contributed by atoms with Gasteiger partial charge in [-0.25, -0.2) is 9.97 Å². The van der Waals surface area contributed by atoms with E-state index in [1.165, 1.54) is 0 Å². The second-order valence-corrected chi connectivity index (χ2v) is 10.4. The van der Waals surface area contributed by atoms with Gasteiger partial charge in [0.2, 0.25) is 12.4 Å². The number of hydrogen-bond donors (Lipinski definition) is 1. The normalized spacial score (nSPS) is 14.5. The molecule has 1 amide bonds. The number of aromatic nitrogens is 3. The number of aryl methyl sites for hydroxylation is 1. The van der Waals surface area contributed by atoms with E-state index in [2.05, 4.69) is 43.1 Å². The zero-order chi connectivity index (χ0) is 26.5. The molecule has 1 N–H and O–H groups in total. The maximum atomic E-state index is 11.8. The van der Waals surface area contributed by atoms with Gasteiger partial charge in [0.15, 0.2) is 0 Å². The van der Waals surface area contributed by atoms with E-state index in [-0.39, 0.29) is 0 Å². The number of carbonyl (C=O) groups is 1. The predicted molar refractivity (Wildman–Crippen MR) is 154 cm³/mol. The minimum absolute atomic E-state index is 0.579. The predicted octanol–water partition coefficient (Wildman–Crippen LogP) is 4.87. The molecule has 0 bridgehead atoms. The number of anilines is 3. The van der Waals surface area contributed by atoms with Crippen LogP contribution >= 0.6 is 15.9 Å². The number of nitrogens with one attached hydrogen (secondary N) is 1. The molecule has 1 fully saturated rings. The van der Waals surface area contributed by atoms with Crippen LogP contribution in [0.15, 0.2) is 65.3 Å². The summed E-state index contributed by atoms with van der Waals surface area (Å²) in [4.78, 5) is 27.4. The van der Waals surface area contributed by atoms with Crippen molar-refractivity contribution in [2.75, 3.05) is 56.5 Å². The minimum Gasteiger partial charge on any atom is -0.457 e. The zero-order valence-corrected chi connectivity index (χ0v) is 23.3. The Morgan fingerprint density at radius 2 is 1.79 bits per heavy atom. The Hall–Kier alpha value is -3.47. The highest BCUT2D eigenvalue weighted by atomic mass is 79.9. The lowest BCUT2D eigenvalue weighted by Crippen LogP contribution is -2.45. The number of fused-ring (bicyclic) bond motifs is 1. The van der Waals surface area contributed by atoms with Crippen LogP contribution in [0.1, 0.15) is 6.42 Å². The van der Waals surface area contributed by atoms with Crippen molar-refractivity contribution in [1.82, 2.24) is 24.3 Å². The Bertz CT molecular complexity index is 1380. The summed E-state index contributed by atoms with van der Waals surface area (Å²) < 4.78 is 9.18.